The summed E-state index contributed by atoms with van der Waals surface area (Å²) in [4.78, 5) is 37.6. The highest BCUT2D eigenvalue weighted by Crippen LogP contribution is 2.11. The molecular formula is C13H20N2O5. The fourth-order valence-electron chi connectivity index (χ4n) is 1.86. The number of carbonyl (C=O) groups is 3. The van der Waals surface area contributed by atoms with Crippen molar-refractivity contribution in [2.24, 2.45) is 0 Å². The molecule has 112 valence electrons. The van der Waals surface area contributed by atoms with Crippen LogP contribution < -0.4 is 0 Å². The molecule has 1 fully saturated rings. The van der Waals surface area contributed by atoms with Crippen LogP contribution in [0.15, 0.2) is 11.1 Å². The van der Waals surface area contributed by atoms with E-state index in [4.69, 9.17) is 9.84 Å². The third-order valence-corrected chi connectivity index (χ3v) is 3.30. The average molecular weight is 284 g/mol. The first kappa shape index (κ1) is 16.0. The molecule has 0 bridgehead atoms. The smallest absolute Gasteiger partial charge is 0.409 e. The molecule has 0 aromatic carbocycles. The highest BCUT2D eigenvalue weighted by atomic mass is 16.6. The molecule has 2 amide bonds. The molecule has 1 aliphatic rings. The Morgan fingerprint density at radius 3 is 1.95 bits per heavy atom. The van der Waals surface area contributed by atoms with Gasteiger partial charge in [-0.2, -0.15) is 0 Å². The molecule has 0 aromatic heterocycles. The largest absolute Gasteiger partial charge is 0.478 e. The molecule has 0 saturated carbocycles. The SMILES string of the molecule is CCOC(=O)N1CCN(C(=O)C(C)=C(C)C(=O)O)CC1. The van der Waals surface area contributed by atoms with Crippen LogP contribution in [-0.4, -0.2) is 65.7 Å². The van der Waals surface area contributed by atoms with E-state index in [2.05, 4.69) is 0 Å². The van der Waals surface area contributed by atoms with Crippen LogP contribution in [0.4, 0.5) is 4.79 Å². The first-order chi connectivity index (χ1) is 9.38. The second-order valence-corrected chi connectivity index (χ2v) is 4.53. The minimum atomic E-state index is -1.10. The van der Waals surface area contributed by atoms with Gasteiger partial charge in [-0.1, -0.05) is 0 Å². The van der Waals surface area contributed by atoms with Gasteiger partial charge < -0.3 is 19.6 Å². The lowest BCUT2D eigenvalue weighted by molar-refractivity contribution is -0.134. The number of nitrogens with zero attached hydrogens (tertiary/aromatic N) is 2. The molecule has 1 saturated heterocycles. The lowest BCUT2D eigenvalue weighted by Gasteiger charge is -2.34. The first-order valence-corrected chi connectivity index (χ1v) is 6.50. The van der Waals surface area contributed by atoms with Crippen molar-refractivity contribution in [1.29, 1.82) is 0 Å². The van der Waals surface area contributed by atoms with Gasteiger partial charge in [-0.05, 0) is 20.8 Å². The van der Waals surface area contributed by atoms with Crippen molar-refractivity contribution in [2.45, 2.75) is 20.8 Å². The Morgan fingerprint density at radius 2 is 1.50 bits per heavy atom. The molecule has 1 rings (SSSR count). The molecule has 0 radical (unpaired) electrons. The summed E-state index contributed by atoms with van der Waals surface area (Å²) in [7, 11) is 0. The maximum absolute atomic E-state index is 12.1. The summed E-state index contributed by atoms with van der Waals surface area (Å²) in [5.74, 6) is -1.39. The number of carbonyl (C=O) groups excluding carboxylic acids is 2. The van der Waals surface area contributed by atoms with Crippen molar-refractivity contribution in [1.82, 2.24) is 9.80 Å². The van der Waals surface area contributed by atoms with E-state index in [0.717, 1.165) is 0 Å². The molecule has 0 atom stereocenters. The maximum Gasteiger partial charge on any atom is 0.409 e. The molecule has 0 aliphatic carbocycles. The maximum atomic E-state index is 12.1. The Labute approximate surface area is 117 Å². The van der Waals surface area contributed by atoms with E-state index >= 15 is 0 Å². The van der Waals surface area contributed by atoms with E-state index in [1.165, 1.54) is 18.7 Å². The second kappa shape index (κ2) is 6.93. The zero-order valence-corrected chi connectivity index (χ0v) is 12.0. The molecule has 1 aliphatic heterocycles. The van der Waals surface area contributed by atoms with E-state index in [1.807, 2.05) is 0 Å². The lowest BCUT2D eigenvalue weighted by Crippen LogP contribution is -2.51. The Hall–Kier alpha value is -2.05. The van der Waals surface area contributed by atoms with E-state index in [1.54, 1.807) is 11.8 Å². The molecule has 20 heavy (non-hydrogen) atoms. The summed E-state index contributed by atoms with van der Waals surface area (Å²) in [6.07, 6.45) is -0.381. The Morgan fingerprint density at radius 1 is 1.00 bits per heavy atom. The predicted octanol–water partition coefficient (Wildman–Crippen LogP) is 0.708. The summed E-state index contributed by atoms with van der Waals surface area (Å²) in [5, 5.41) is 8.88. The molecule has 1 heterocycles. The fraction of sp³-hybridized carbons (Fsp3) is 0.615. The normalized spacial score (nSPS) is 16.6. The van der Waals surface area contributed by atoms with Crippen LogP contribution in [0.3, 0.4) is 0 Å². The van der Waals surface area contributed by atoms with Crippen molar-refractivity contribution < 1.29 is 24.2 Å². The summed E-state index contributed by atoms with van der Waals surface area (Å²) in [5.41, 5.74) is 0.268. The van der Waals surface area contributed by atoms with Gasteiger partial charge in [0.2, 0.25) is 5.91 Å². The van der Waals surface area contributed by atoms with Gasteiger partial charge in [0, 0.05) is 37.3 Å². The lowest BCUT2D eigenvalue weighted by atomic mass is 10.1. The van der Waals surface area contributed by atoms with E-state index in [0.29, 0.717) is 32.8 Å². The average Bonchev–Trinajstić information content (AvgIpc) is 2.45. The van der Waals surface area contributed by atoms with E-state index in [-0.39, 0.29) is 23.1 Å². The number of hydrogen-bond acceptors (Lipinski definition) is 4. The summed E-state index contributed by atoms with van der Waals surface area (Å²) >= 11 is 0. The number of aliphatic carboxylic acids is 1. The zero-order valence-electron chi connectivity index (χ0n) is 12.0. The summed E-state index contributed by atoms with van der Waals surface area (Å²) in [6.45, 7) is 6.50. The van der Waals surface area contributed by atoms with Crippen LogP contribution in [-0.2, 0) is 14.3 Å². The first-order valence-electron chi connectivity index (χ1n) is 6.50. The van der Waals surface area contributed by atoms with Crippen LogP contribution in [0.5, 0.6) is 0 Å². The number of hydrogen-bond donors (Lipinski definition) is 1. The number of rotatable bonds is 3. The highest BCUT2D eigenvalue weighted by Gasteiger charge is 2.26. The molecule has 1 N–H and O–H groups in total. The van der Waals surface area contributed by atoms with E-state index < -0.39 is 5.97 Å². The predicted molar refractivity (Wildman–Crippen MR) is 71.2 cm³/mol. The minimum Gasteiger partial charge on any atom is -0.478 e. The van der Waals surface area contributed by atoms with Crippen molar-refractivity contribution in [2.75, 3.05) is 32.8 Å². The van der Waals surface area contributed by atoms with Crippen molar-refractivity contribution in [3.05, 3.63) is 11.1 Å². The van der Waals surface area contributed by atoms with E-state index in [9.17, 15) is 14.4 Å². The third-order valence-electron chi connectivity index (χ3n) is 3.30. The van der Waals surface area contributed by atoms with Crippen LogP contribution in [0, 0.1) is 0 Å². The summed E-state index contributed by atoms with van der Waals surface area (Å²) in [6, 6.07) is 0. The molecule has 7 nitrogen and oxygen atoms in total. The summed E-state index contributed by atoms with van der Waals surface area (Å²) < 4.78 is 4.89. The molecular weight excluding hydrogens is 264 g/mol. The minimum absolute atomic E-state index is 0.0443. The molecule has 0 spiro atoms. The molecule has 0 unspecified atom stereocenters. The topological polar surface area (TPSA) is 87.2 Å². The highest BCUT2D eigenvalue weighted by molar-refractivity contribution is 6.01. The van der Waals surface area contributed by atoms with Gasteiger partial charge >= 0.3 is 12.1 Å². The van der Waals surface area contributed by atoms with Gasteiger partial charge in [-0.25, -0.2) is 9.59 Å². The quantitative estimate of drug-likeness (QED) is 0.771. The van der Waals surface area contributed by atoms with Gasteiger partial charge in [-0.15, -0.1) is 0 Å². The van der Waals surface area contributed by atoms with Crippen molar-refractivity contribution in [3.8, 4) is 0 Å². The zero-order chi connectivity index (χ0) is 15.3. The standard InChI is InChI=1S/C13H20N2O5/c1-4-20-13(19)15-7-5-14(6-8-15)11(16)9(2)10(3)12(17)18/h4-8H2,1-3H3,(H,17,18). The number of carboxylic acids is 1. The van der Waals surface area contributed by atoms with Crippen molar-refractivity contribution >= 4 is 18.0 Å². The second-order valence-electron chi connectivity index (χ2n) is 4.53. The van der Waals surface area contributed by atoms with Gasteiger partial charge in [0.05, 0.1) is 6.61 Å². The van der Waals surface area contributed by atoms with Gasteiger partial charge in [0.1, 0.15) is 0 Å². The number of amides is 2. The number of piperazine rings is 1. The molecule has 7 heteroatoms. The number of ether oxygens (including phenoxy) is 1. The number of carboxylic acid groups (broad SMARTS) is 1. The van der Waals surface area contributed by atoms with Gasteiger partial charge in [0.25, 0.3) is 0 Å². The van der Waals surface area contributed by atoms with Gasteiger partial charge in [-0.3, -0.25) is 4.79 Å². The van der Waals surface area contributed by atoms with Crippen molar-refractivity contribution in [3.63, 3.8) is 0 Å². The Kier molecular flexibility index (Phi) is 5.54. The third kappa shape index (κ3) is 3.72. The Balaban J connectivity index is 2.62. The van der Waals surface area contributed by atoms with Crippen LogP contribution in [0.25, 0.3) is 0 Å². The van der Waals surface area contributed by atoms with Crippen LogP contribution in [0.2, 0.25) is 0 Å². The van der Waals surface area contributed by atoms with Crippen LogP contribution >= 0.6 is 0 Å². The Bertz CT molecular complexity index is 436. The molecule has 0 aromatic rings. The van der Waals surface area contributed by atoms with Gasteiger partial charge in [0.15, 0.2) is 0 Å². The monoisotopic (exact) mass is 284 g/mol. The van der Waals surface area contributed by atoms with Crippen LogP contribution in [0.1, 0.15) is 20.8 Å². The fourth-order valence-corrected chi connectivity index (χ4v) is 1.86.